The molecule has 5 heteroatoms. The molecule has 1 fully saturated rings. The van der Waals surface area contributed by atoms with Crippen LogP contribution in [0.5, 0.6) is 5.75 Å². The second-order valence-corrected chi connectivity index (χ2v) is 7.86. The van der Waals surface area contributed by atoms with Crippen molar-refractivity contribution in [3.8, 4) is 5.75 Å². The van der Waals surface area contributed by atoms with Crippen molar-refractivity contribution < 1.29 is 14.3 Å². The number of amides is 2. The number of rotatable bonds is 8. The van der Waals surface area contributed by atoms with E-state index in [9.17, 15) is 9.59 Å². The lowest BCUT2D eigenvalue weighted by Gasteiger charge is -2.25. The minimum Gasteiger partial charge on any atom is -0.476 e. The van der Waals surface area contributed by atoms with Crippen LogP contribution in [0.2, 0.25) is 0 Å². The summed E-state index contributed by atoms with van der Waals surface area (Å²) < 4.78 is 6.07. The first kappa shape index (κ1) is 20.7. The highest BCUT2D eigenvalue weighted by Gasteiger charge is 2.26. The zero-order valence-electron chi connectivity index (χ0n) is 17.5. The number of likely N-dealkylation sites (N-methyl/N-ethyl adjacent to an activating group) is 1. The van der Waals surface area contributed by atoms with Crippen molar-refractivity contribution in [2.75, 3.05) is 7.05 Å². The molecule has 3 aromatic rings. The highest BCUT2D eigenvalue weighted by molar-refractivity contribution is 5.94. The minimum atomic E-state index is -0.739. The number of hydrogen-bond donors (Lipinski definition) is 1. The Bertz CT molecular complexity index is 1020. The molecule has 0 unspecified atom stereocenters. The Kier molecular flexibility index (Phi) is 6.32. The van der Waals surface area contributed by atoms with E-state index in [1.54, 1.807) is 24.1 Å². The predicted molar refractivity (Wildman–Crippen MR) is 120 cm³/mol. The maximum atomic E-state index is 13.3. The van der Waals surface area contributed by atoms with Gasteiger partial charge in [-0.15, -0.1) is 0 Å². The third-order valence-electron chi connectivity index (χ3n) is 5.25. The smallest absolute Gasteiger partial charge is 0.268 e. The van der Waals surface area contributed by atoms with Crippen LogP contribution in [0.3, 0.4) is 0 Å². The molecule has 3 aromatic carbocycles. The monoisotopic (exact) mass is 414 g/mol. The summed E-state index contributed by atoms with van der Waals surface area (Å²) in [6.45, 7) is 0.421. The number of ether oxygens (including phenoxy) is 1. The highest BCUT2D eigenvalue weighted by atomic mass is 16.5. The Balaban J connectivity index is 1.45. The fraction of sp³-hybridized carbons (Fsp3) is 0.231. The Morgan fingerprint density at radius 1 is 0.935 bits per heavy atom. The van der Waals surface area contributed by atoms with Gasteiger partial charge in [-0.3, -0.25) is 9.59 Å². The maximum Gasteiger partial charge on any atom is 0.268 e. The van der Waals surface area contributed by atoms with Crippen molar-refractivity contribution >= 4 is 11.8 Å². The van der Waals surface area contributed by atoms with Gasteiger partial charge >= 0.3 is 0 Å². The number of benzene rings is 3. The summed E-state index contributed by atoms with van der Waals surface area (Å²) >= 11 is 0. The van der Waals surface area contributed by atoms with Crippen LogP contribution in [0.1, 0.15) is 40.4 Å². The minimum absolute atomic E-state index is 0.0427. The summed E-state index contributed by atoms with van der Waals surface area (Å²) in [6, 6.07) is 26.6. The number of hydrogen-bond acceptors (Lipinski definition) is 3. The zero-order chi connectivity index (χ0) is 21.6. The van der Waals surface area contributed by atoms with Gasteiger partial charge < -0.3 is 15.0 Å². The third kappa shape index (κ3) is 5.51. The van der Waals surface area contributed by atoms with Crippen LogP contribution < -0.4 is 10.1 Å². The standard InChI is InChI=1S/C26H26N2O3/c1-28(18-19-12-14-21(15-13-19)25(29)27-22-16-17-22)26(30)24(20-8-4-2-5-9-20)31-23-10-6-3-7-11-23/h2-15,22,24H,16-18H2,1H3,(H,27,29)/t24-/m0/s1. The summed E-state index contributed by atoms with van der Waals surface area (Å²) in [6.07, 6.45) is 1.38. The summed E-state index contributed by atoms with van der Waals surface area (Å²) in [7, 11) is 1.76. The van der Waals surface area contributed by atoms with Crippen LogP contribution in [0.4, 0.5) is 0 Å². The van der Waals surface area contributed by atoms with Gasteiger partial charge in [-0.25, -0.2) is 0 Å². The Morgan fingerprint density at radius 2 is 1.55 bits per heavy atom. The molecule has 31 heavy (non-hydrogen) atoms. The molecular formula is C26H26N2O3. The van der Waals surface area contributed by atoms with Crippen molar-refractivity contribution in [1.82, 2.24) is 10.2 Å². The molecule has 1 atom stereocenters. The molecule has 0 radical (unpaired) electrons. The van der Waals surface area contributed by atoms with Gasteiger partial charge in [-0.1, -0.05) is 60.7 Å². The lowest BCUT2D eigenvalue weighted by Crippen LogP contribution is -2.34. The molecule has 1 aliphatic carbocycles. The quantitative estimate of drug-likeness (QED) is 0.596. The Labute approximate surface area is 182 Å². The molecule has 1 saturated carbocycles. The van der Waals surface area contributed by atoms with Gasteiger partial charge in [0, 0.05) is 30.8 Å². The zero-order valence-corrected chi connectivity index (χ0v) is 17.5. The molecule has 2 amide bonds. The second-order valence-electron chi connectivity index (χ2n) is 7.86. The van der Waals surface area contributed by atoms with Gasteiger partial charge in [0.2, 0.25) is 6.10 Å². The maximum absolute atomic E-state index is 13.3. The molecule has 1 aliphatic rings. The van der Waals surface area contributed by atoms with Crippen LogP contribution >= 0.6 is 0 Å². The first-order valence-corrected chi connectivity index (χ1v) is 10.5. The average Bonchev–Trinajstić information content (AvgIpc) is 3.62. The van der Waals surface area contributed by atoms with E-state index in [0.29, 0.717) is 23.9 Å². The van der Waals surface area contributed by atoms with Gasteiger partial charge in [0.15, 0.2) is 0 Å². The molecule has 1 N–H and O–H groups in total. The van der Waals surface area contributed by atoms with Crippen molar-refractivity contribution in [1.29, 1.82) is 0 Å². The number of nitrogens with zero attached hydrogens (tertiary/aromatic N) is 1. The van der Waals surface area contributed by atoms with E-state index in [4.69, 9.17) is 4.74 Å². The van der Waals surface area contributed by atoms with E-state index < -0.39 is 6.10 Å². The number of carbonyl (C=O) groups excluding carboxylic acids is 2. The second kappa shape index (κ2) is 9.47. The van der Waals surface area contributed by atoms with Crippen LogP contribution in [-0.4, -0.2) is 29.8 Å². The third-order valence-corrected chi connectivity index (χ3v) is 5.25. The number of nitrogens with one attached hydrogen (secondary N) is 1. The molecule has 0 saturated heterocycles. The molecule has 4 rings (SSSR count). The SMILES string of the molecule is CN(Cc1ccc(C(=O)NC2CC2)cc1)C(=O)[C@@H](Oc1ccccc1)c1ccccc1. The summed E-state index contributed by atoms with van der Waals surface area (Å²) in [5.41, 5.74) is 2.39. The van der Waals surface area contributed by atoms with Crippen molar-refractivity contribution in [3.05, 3.63) is 102 Å². The van der Waals surface area contributed by atoms with E-state index in [1.165, 1.54) is 0 Å². The largest absolute Gasteiger partial charge is 0.476 e. The molecule has 5 nitrogen and oxygen atoms in total. The molecular weight excluding hydrogens is 388 g/mol. The van der Waals surface area contributed by atoms with Gasteiger partial charge in [0.05, 0.1) is 0 Å². The first-order valence-electron chi connectivity index (χ1n) is 10.5. The van der Waals surface area contributed by atoms with Crippen molar-refractivity contribution in [2.45, 2.75) is 31.5 Å². The van der Waals surface area contributed by atoms with E-state index in [0.717, 1.165) is 24.0 Å². The van der Waals surface area contributed by atoms with Crippen LogP contribution in [0, 0.1) is 0 Å². The first-order chi connectivity index (χ1) is 15.1. The summed E-state index contributed by atoms with van der Waals surface area (Å²) in [5.74, 6) is 0.466. The van der Waals surface area contributed by atoms with E-state index in [-0.39, 0.29) is 11.8 Å². The average molecular weight is 415 g/mol. The van der Waals surface area contributed by atoms with Crippen LogP contribution in [-0.2, 0) is 11.3 Å². The number of para-hydroxylation sites is 1. The molecule has 0 aromatic heterocycles. The van der Waals surface area contributed by atoms with E-state index in [2.05, 4.69) is 5.32 Å². The molecule has 0 heterocycles. The summed E-state index contributed by atoms with van der Waals surface area (Å²) in [4.78, 5) is 27.1. The lowest BCUT2D eigenvalue weighted by atomic mass is 10.1. The van der Waals surface area contributed by atoms with E-state index >= 15 is 0 Å². The molecule has 0 bridgehead atoms. The Hall–Kier alpha value is -3.60. The number of carbonyl (C=O) groups is 2. The fourth-order valence-corrected chi connectivity index (χ4v) is 3.33. The molecule has 0 aliphatic heterocycles. The highest BCUT2D eigenvalue weighted by Crippen LogP contribution is 2.24. The predicted octanol–water partition coefficient (Wildman–Crippen LogP) is 4.36. The van der Waals surface area contributed by atoms with Gasteiger partial charge in [-0.05, 0) is 42.7 Å². The van der Waals surface area contributed by atoms with E-state index in [1.807, 2.05) is 72.8 Å². The summed E-state index contributed by atoms with van der Waals surface area (Å²) in [5, 5.41) is 2.98. The fourth-order valence-electron chi connectivity index (χ4n) is 3.33. The van der Waals surface area contributed by atoms with Crippen molar-refractivity contribution in [3.63, 3.8) is 0 Å². The van der Waals surface area contributed by atoms with Gasteiger partial charge in [0.1, 0.15) is 5.75 Å². The van der Waals surface area contributed by atoms with Crippen molar-refractivity contribution in [2.24, 2.45) is 0 Å². The van der Waals surface area contributed by atoms with Crippen LogP contribution in [0.25, 0.3) is 0 Å². The van der Waals surface area contributed by atoms with Crippen LogP contribution in [0.15, 0.2) is 84.9 Å². The topological polar surface area (TPSA) is 58.6 Å². The molecule has 0 spiro atoms. The molecule has 158 valence electrons. The Morgan fingerprint density at radius 3 is 2.16 bits per heavy atom. The normalized spacial score (nSPS) is 13.8. The van der Waals surface area contributed by atoms with Gasteiger partial charge in [0.25, 0.3) is 11.8 Å². The van der Waals surface area contributed by atoms with Gasteiger partial charge in [-0.2, -0.15) is 0 Å². The lowest BCUT2D eigenvalue weighted by molar-refractivity contribution is -0.138.